The lowest BCUT2D eigenvalue weighted by molar-refractivity contribution is -0.136. The first-order chi connectivity index (χ1) is 10.9. The number of carbonyl (C=O) groups is 2. The summed E-state index contributed by atoms with van der Waals surface area (Å²) in [5, 5.41) is 11.6. The fraction of sp³-hybridized carbons (Fsp3) is 0.333. The number of aromatic nitrogens is 1. The average molecular weight is 314 g/mol. The Kier molecular flexibility index (Phi) is 5.21. The standard InChI is InChI=1S/C18H22N2O3/c1-4-20-12(2)10-16(13(20)3)18(23)19-15-7-5-6-14(11-15)8-9-17(21)22/h5-7,10-11H,4,8-9H2,1-3H3,(H,19,23)(H,21,22). The van der Waals surface area contributed by atoms with Crippen molar-refractivity contribution in [3.8, 4) is 0 Å². The zero-order chi connectivity index (χ0) is 17.0. The Morgan fingerprint density at radius 1 is 1.22 bits per heavy atom. The zero-order valence-corrected chi connectivity index (χ0v) is 13.7. The van der Waals surface area contributed by atoms with Crippen LogP contribution in [-0.2, 0) is 17.8 Å². The minimum atomic E-state index is -0.827. The lowest BCUT2D eigenvalue weighted by Gasteiger charge is -2.08. The van der Waals surface area contributed by atoms with Gasteiger partial charge in [-0.3, -0.25) is 9.59 Å². The summed E-state index contributed by atoms with van der Waals surface area (Å²) in [6.45, 7) is 6.80. The third-order valence-electron chi connectivity index (χ3n) is 3.95. The van der Waals surface area contributed by atoms with E-state index >= 15 is 0 Å². The number of aryl methyl sites for hydroxylation is 2. The van der Waals surface area contributed by atoms with Crippen LogP contribution in [0.2, 0.25) is 0 Å². The van der Waals surface area contributed by atoms with Gasteiger partial charge in [0.15, 0.2) is 0 Å². The van der Waals surface area contributed by atoms with Crippen molar-refractivity contribution in [2.75, 3.05) is 5.32 Å². The molecule has 2 N–H and O–H groups in total. The molecular weight excluding hydrogens is 292 g/mol. The lowest BCUT2D eigenvalue weighted by Crippen LogP contribution is -2.13. The number of hydrogen-bond acceptors (Lipinski definition) is 2. The molecule has 0 spiro atoms. The van der Waals surface area contributed by atoms with Crippen LogP contribution in [0.4, 0.5) is 5.69 Å². The lowest BCUT2D eigenvalue weighted by atomic mass is 10.1. The van der Waals surface area contributed by atoms with Crippen LogP contribution in [0.1, 0.15) is 40.7 Å². The van der Waals surface area contributed by atoms with Gasteiger partial charge < -0.3 is 15.0 Å². The van der Waals surface area contributed by atoms with E-state index in [1.54, 1.807) is 6.07 Å². The van der Waals surface area contributed by atoms with E-state index < -0.39 is 5.97 Å². The molecule has 5 nitrogen and oxygen atoms in total. The van der Waals surface area contributed by atoms with Crippen molar-refractivity contribution in [2.45, 2.75) is 40.2 Å². The highest BCUT2D eigenvalue weighted by molar-refractivity contribution is 6.05. The van der Waals surface area contributed by atoms with Gasteiger partial charge >= 0.3 is 5.97 Å². The van der Waals surface area contributed by atoms with Crippen molar-refractivity contribution in [3.63, 3.8) is 0 Å². The van der Waals surface area contributed by atoms with Crippen LogP contribution in [0.3, 0.4) is 0 Å². The third-order valence-corrected chi connectivity index (χ3v) is 3.95. The highest BCUT2D eigenvalue weighted by Gasteiger charge is 2.15. The molecule has 0 saturated heterocycles. The minimum Gasteiger partial charge on any atom is -0.481 e. The molecule has 0 fully saturated rings. The van der Waals surface area contributed by atoms with Gasteiger partial charge in [0.2, 0.25) is 0 Å². The number of rotatable bonds is 6. The molecule has 5 heteroatoms. The Bertz CT molecular complexity index is 732. The molecule has 23 heavy (non-hydrogen) atoms. The van der Waals surface area contributed by atoms with Crippen molar-refractivity contribution in [2.24, 2.45) is 0 Å². The van der Waals surface area contributed by atoms with Crippen LogP contribution >= 0.6 is 0 Å². The Balaban J connectivity index is 2.14. The van der Waals surface area contributed by atoms with Crippen molar-refractivity contribution in [1.82, 2.24) is 4.57 Å². The number of anilines is 1. The van der Waals surface area contributed by atoms with Crippen LogP contribution in [0.5, 0.6) is 0 Å². The van der Waals surface area contributed by atoms with E-state index in [4.69, 9.17) is 5.11 Å². The van der Waals surface area contributed by atoms with Crippen molar-refractivity contribution in [1.29, 1.82) is 0 Å². The molecule has 0 aliphatic heterocycles. The highest BCUT2D eigenvalue weighted by atomic mass is 16.4. The van der Waals surface area contributed by atoms with Gasteiger partial charge in [0, 0.05) is 30.0 Å². The fourth-order valence-corrected chi connectivity index (χ4v) is 2.77. The van der Waals surface area contributed by atoms with Gasteiger partial charge in [0.25, 0.3) is 5.91 Å². The maximum Gasteiger partial charge on any atom is 0.303 e. The van der Waals surface area contributed by atoms with Crippen molar-refractivity contribution < 1.29 is 14.7 Å². The molecule has 0 aliphatic rings. The number of benzene rings is 1. The zero-order valence-electron chi connectivity index (χ0n) is 13.7. The second-order valence-electron chi connectivity index (χ2n) is 5.58. The second kappa shape index (κ2) is 7.13. The molecule has 2 rings (SSSR count). The van der Waals surface area contributed by atoms with Crippen LogP contribution in [-0.4, -0.2) is 21.6 Å². The van der Waals surface area contributed by atoms with E-state index in [9.17, 15) is 9.59 Å². The molecule has 0 atom stereocenters. The molecule has 122 valence electrons. The van der Waals surface area contributed by atoms with Gasteiger partial charge in [-0.15, -0.1) is 0 Å². The summed E-state index contributed by atoms with van der Waals surface area (Å²) >= 11 is 0. The normalized spacial score (nSPS) is 10.6. The summed E-state index contributed by atoms with van der Waals surface area (Å²) in [4.78, 5) is 23.1. The summed E-state index contributed by atoms with van der Waals surface area (Å²) in [6.07, 6.45) is 0.526. The third kappa shape index (κ3) is 4.00. The molecule has 1 aromatic carbocycles. The largest absolute Gasteiger partial charge is 0.481 e. The highest BCUT2D eigenvalue weighted by Crippen LogP contribution is 2.18. The van der Waals surface area contributed by atoms with Gasteiger partial charge in [0.05, 0.1) is 5.56 Å². The van der Waals surface area contributed by atoms with Gasteiger partial charge in [-0.1, -0.05) is 12.1 Å². The van der Waals surface area contributed by atoms with Crippen molar-refractivity contribution >= 4 is 17.6 Å². The van der Waals surface area contributed by atoms with Crippen molar-refractivity contribution in [3.05, 3.63) is 52.8 Å². The summed E-state index contributed by atoms with van der Waals surface area (Å²) in [5.41, 5.74) is 4.25. The van der Waals surface area contributed by atoms with Crippen LogP contribution in [0.25, 0.3) is 0 Å². The monoisotopic (exact) mass is 314 g/mol. The molecular formula is C18H22N2O3. The number of hydrogen-bond donors (Lipinski definition) is 2. The SMILES string of the molecule is CCn1c(C)cc(C(=O)Nc2cccc(CCC(=O)O)c2)c1C. The topological polar surface area (TPSA) is 71.3 Å². The minimum absolute atomic E-state index is 0.0784. The Morgan fingerprint density at radius 2 is 1.96 bits per heavy atom. The molecule has 0 unspecified atom stereocenters. The maximum absolute atomic E-state index is 12.5. The summed E-state index contributed by atoms with van der Waals surface area (Å²) in [7, 11) is 0. The molecule has 0 saturated carbocycles. The van der Waals surface area contributed by atoms with E-state index in [0.29, 0.717) is 17.7 Å². The number of aliphatic carboxylic acids is 1. The Morgan fingerprint density at radius 3 is 2.57 bits per heavy atom. The predicted octanol–water partition coefficient (Wildman–Crippen LogP) is 3.39. The van der Waals surface area contributed by atoms with E-state index in [0.717, 1.165) is 23.5 Å². The summed E-state index contributed by atoms with van der Waals surface area (Å²) in [5.74, 6) is -0.973. The predicted molar refractivity (Wildman–Crippen MR) is 89.9 cm³/mol. The number of carbonyl (C=O) groups excluding carboxylic acids is 1. The molecule has 1 heterocycles. The van der Waals surface area contributed by atoms with E-state index in [-0.39, 0.29) is 12.3 Å². The Hall–Kier alpha value is -2.56. The molecule has 0 bridgehead atoms. The van der Waals surface area contributed by atoms with E-state index in [1.807, 2.05) is 45.0 Å². The average Bonchev–Trinajstić information content (AvgIpc) is 2.80. The van der Waals surface area contributed by atoms with Gasteiger partial charge in [0.1, 0.15) is 0 Å². The number of nitrogens with zero attached hydrogens (tertiary/aromatic N) is 1. The molecule has 1 aromatic heterocycles. The van der Waals surface area contributed by atoms with Gasteiger partial charge in [-0.2, -0.15) is 0 Å². The quantitative estimate of drug-likeness (QED) is 0.858. The van der Waals surface area contributed by atoms with Crippen LogP contribution < -0.4 is 5.32 Å². The number of nitrogens with one attached hydrogen (secondary N) is 1. The van der Waals surface area contributed by atoms with Crippen LogP contribution in [0.15, 0.2) is 30.3 Å². The van der Waals surface area contributed by atoms with Gasteiger partial charge in [-0.25, -0.2) is 0 Å². The fourth-order valence-electron chi connectivity index (χ4n) is 2.77. The maximum atomic E-state index is 12.5. The molecule has 0 aliphatic carbocycles. The Labute approximate surface area is 135 Å². The van der Waals surface area contributed by atoms with E-state index in [1.165, 1.54) is 0 Å². The summed E-state index contributed by atoms with van der Waals surface area (Å²) < 4.78 is 2.10. The smallest absolute Gasteiger partial charge is 0.303 e. The number of carboxylic acid groups (broad SMARTS) is 1. The first kappa shape index (κ1) is 16.8. The number of carboxylic acids is 1. The summed E-state index contributed by atoms with van der Waals surface area (Å²) in [6, 6.07) is 9.20. The first-order valence-corrected chi connectivity index (χ1v) is 7.71. The van der Waals surface area contributed by atoms with Crippen LogP contribution in [0, 0.1) is 13.8 Å². The van der Waals surface area contributed by atoms with E-state index in [2.05, 4.69) is 9.88 Å². The first-order valence-electron chi connectivity index (χ1n) is 7.71. The van der Waals surface area contributed by atoms with Gasteiger partial charge in [-0.05, 0) is 51.0 Å². The molecule has 0 radical (unpaired) electrons. The molecule has 1 amide bonds. The molecule has 2 aromatic rings. The second-order valence-corrected chi connectivity index (χ2v) is 5.58. The number of amides is 1.